The number of ketones is 1. The molecule has 1 aliphatic rings. The lowest BCUT2D eigenvalue weighted by molar-refractivity contribution is -0.128. The number of hydrogen-bond donors (Lipinski definition) is 1. The van der Waals surface area contributed by atoms with E-state index in [4.69, 9.17) is 22.1 Å². The van der Waals surface area contributed by atoms with Crippen LogP contribution in [-0.4, -0.2) is 24.5 Å². The van der Waals surface area contributed by atoms with Crippen LogP contribution in [0.2, 0.25) is 5.02 Å². The Morgan fingerprint density at radius 3 is 2.89 bits per heavy atom. The lowest BCUT2D eigenvalue weighted by Crippen LogP contribution is -2.26. The fourth-order valence-corrected chi connectivity index (χ4v) is 2.34. The van der Waals surface area contributed by atoms with Crippen molar-refractivity contribution in [3.05, 3.63) is 34.6 Å². The molecule has 5 heteroatoms. The number of halogens is 2. The molecule has 0 saturated carbocycles. The Bertz CT molecular complexity index is 432. The second-order valence-electron chi connectivity index (χ2n) is 4.40. The summed E-state index contributed by atoms with van der Waals surface area (Å²) in [6, 6.07) is 4.39. The second kappa shape index (κ2) is 5.78. The first-order chi connectivity index (χ1) is 8.61. The van der Waals surface area contributed by atoms with Gasteiger partial charge in [-0.3, -0.25) is 4.79 Å². The van der Waals surface area contributed by atoms with Crippen LogP contribution in [0.5, 0.6) is 0 Å². The van der Waals surface area contributed by atoms with Gasteiger partial charge in [-0.2, -0.15) is 0 Å². The van der Waals surface area contributed by atoms with E-state index in [2.05, 4.69) is 0 Å². The summed E-state index contributed by atoms with van der Waals surface area (Å²) in [7, 11) is 0. The molecule has 1 fully saturated rings. The number of rotatable bonds is 4. The van der Waals surface area contributed by atoms with Gasteiger partial charge in [-0.15, -0.1) is 0 Å². The van der Waals surface area contributed by atoms with E-state index >= 15 is 0 Å². The van der Waals surface area contributed by atoms with Gasteiger partial charge in [0.2, 0.25) is 0 Å². The van der Waals surface area contributed by atoms with Crippen LogP contribution in [0.1, 0.15) is 18.4 Å². The zero-order chi connectivity index (χ0) is 13.1. The minimum atomic E-state index is -0.478. The summed E-state index contributed by atoms with van der Waals surface area (Å²) in [5, 5.41) is 0.275. The highest BCUT2D eigenvalue weighted by molar-refractivity contribution is 6.31. The molecule has 0 aromatic heterocycles. The summed E-state index contributed by atoms with van der Waals surface area (Å²) in [5.41, 5.74) is 5.72. The molecule has 0 spiro atoms. The number of hydrogen-bond acceptors (Lipinski definition) is 3. The number of Topliss-reactive ketones (excluding diaryl/α,β-unsaturated/α-hetero) is 1. The third-order valence-electron chi connectivity index (χ3n) is 3.14. The molecule has 18 heavy (non-hydrogen) atoms. The van der Waals surface area contributed by atoms with Crippen molar-refractivity contribution in [2.45, 2.75) is 31.5 Å². The normalized spacial score (nSPS) is 23.3. The van der Waals surface area contributed by atoms with Crippen molar-refractivity contribution in [2.75, 3.05) is 6.54 Å². The van der Waals surface area contributed by atoms with Crippen LogP contribution in [-0.2, 0) is 16.0 Å². The summed E-state index contributed by atoms with van der Waals surface area (Å²) < 4.78 is 19.0. The first-order valence-corrected chi connectivity index (χ1v) is 6.30. The van der Waals surface area contributed by atoms with E-state index in [0.29, 0.717) is 13.0 Å². The SMILES string of the molecule is NCC1CCC(C(=O)Cc2c(F)cccc2Cl)O1. The molecule has 1 aromatic carbocycles. The molecule has 1 heterocycles. The van der Waals surface area contributed by atoms with Crippen molar-refractivity contribution in [3.63, 3.8) is 0 Å². The fraction of sp³-hybridized carbons (Fsp3) is 0.462. The van der Waals surface area contributed by atoms with Gasteiger partial charge in [0.05, 0.1) is 6.10 Å². The molecule has 0 amide bonds. The van der Waals surface area contributed by atoms with Crippen molar-refractivity contribution in [1.29, 1.82) is 0 Å². The molecule has 2 atom stereocenters. The molecule has 2 unspecified atom stereocenters. The molecule has 1 saturated heterocycles. The maximum absolute atomic E-state index is 13.5. The molecule has 1 aromatic rings. The van der Waals surface area contributed by atoms with E-state index in [1.54, 1.807) is 6.07 Å². The lowest BCUT2D eigenvalue weighted by Gasteiger charge is -2.12. The number of benzene rings is 1. The van der Waals surface area contributed by atoms with Crippen molar-refractivity contribution in [3.8, 4) is 0 Å². The van der Waals surface area contributed by atoms with Gasteiger partial charge in [0.15, 0.2) is 5.78 Å². The highest BCUT2D eigenvalue weighted by Crippen LogP contribution is 2.24. The molecular formula is C13H15ClFNO2. The maximum atomic E-state index is 13.5. The fourth-order valence-electron chi connectivity index (χ4n) is 2.11. The highest BCUT2D eigenvalue weighted by atomic mass is 35.5. The summed E-state index contributed by atoms with van der Waals surface area (Å²) in [6.45, 7) is 0.407. The maximum Gasteiger partial charge on any atom is 0.166 e. The largest absolute Gasteiger partial charge is 0.366 e. The Balaban J connectivity index is 2.04. The van der Waals surface area contributed by atoms with Crippen molar-refractivity contribution < 1.29 is 13.9 Å². The smallest absolute Gasteiger partial charge is 0.166 e. The molecule has 0 bridgehead atoms. The Kier molecular flexibility index (Phi) is 4.32. The number of carbonyl (C=O) groups excluding carboxylic acids is 1. The van der Waals surface area contributed by atoms with Gasteiger partial charge in [0, 0.05) is 23.6 Å². The third kappa shape index (κ3) is 2.88. The van der Waals surface area contributed by atoms with E-state index in [1.165, 1.54) is 12.1 Å². The second-order valence-corrected chi connectivity index (χ2v) is 4.81. The molecule has 1 aliphatic heterocycles. The number of carbonyl (C=O) groups is 1. The molecule has 3 nitrogen and oxygen atoms in total. The van der Waals surface area contributed by atoms with Gasteiger partial charge in [0.25, 0.3) is 0 Å². The van der Waals surface area contributed by atoms with Crippen molar-refractivity contribution in [2.24, 2.45) is 5.73 Å². The van der Waals surface area contributed by atoms with Crippen molar-refractivity contribution in [1.82, 2.24) is 0 Å². The predicted octanol–water partition coefficient (Wildman–Crippen LogP) is 2.10. The molecule has 98 valence electrons. The van der Waals surface area contributed by atoms with Crippen LogP contribution in [0.15, 0.2) is 18.2 Å². The van der Waals surface area contributed by atoms with Crippen LogP contribution in [0.3, 0.4) is 0 Å². The molecule has 0 aliphatic carbocycles. The quantitative estimate of drug-likeness (QED) is 0.912. The lowest BCUT2D eigenvalue weighted by atomic mass is 10.0. The van der Waals surface area contributed by atoms with E-state index in [9.17, 15) is 9.18 Å². The minimum absolute atomic E-state index is 0.0343. The summed E-state index contributed by atoms with van der Waals surface area (Å²) >= 11 is 5.88. The van der Waals surface area contributed by atoms with Crippen LogP contribution in [0, 0.1) is 5.82 Å². The predicted molar refractivity (Wildman–Crippen MR) is 67.1 cm³/mol. The summed E-state index contributed by atoms with van der Waals surface area (Å²) in [5.74, 6) is -0.595. The van der Waals surface area contributed by atoms with Gasteiger partial charge >= 0.3 is 0 Å². The zero-order valence-corrected chi connectivity index (χ0v) is 10.6. The van der Waals surface area contributed by atoms with E-state index in [-0.39, 0.29) is 28.9 Å². The van der Waals surface area contributed by atoms with E-state index in [0.717, 1.165) is 6.42 Å². The average molecular weight is 272 g/mol. The van der Waals surface area contributed by atoms with Gasteiger partial charge in [0.1, 0.15) is 11.9 Å². The Hall–Kier alpha value is -0.970. The topological polar surface area (TPSA) is 52.3 Å². The molecule has 2 N–H and O–H groups in total. The summed E-state index contributed by atoms with van der Waals surface area (Å²) in [6.07, 6.45) is 0.849. The van der Waals surface area contributed by atoms with Gasteiger partial charge in [-0.1, -0.05) is 17.7 Å². The van der Waals surface area contributed by atoms with Gasteiger partial charge in [-0.25, -0.2) is 4.39 Å². The average Bonchev–Trinajstić information content (AvgIpc) is 2.82. The monoisotopic (exact) mass is 271 g/mol. The van der Waals surface area contributed by atoms with Crippen LogP contribution >= 0.6 is 11.6 Å². The third-order valence-corrected chi connectivity index (χ3v) is 3.50. The first kappa shape index (κ1) is 13.5. The Labute approximate surface area is 110 Å². The van der Waals surface area contributed by atoms with Crippen LogP contribution in [0.4, 0.5) is 4.39 Å². The molecule has 2 rings (SSSR count). The first-order valence-electron chi connectivity index (χ1n) is 5.93. The standard InChI is InChI=1S/C13H15ClFNO2/c14-10-2-1-3-11(15)9(10)6-12(17)13-5-4-8(7-16)18-13/h1-3,8,13H,4-7,16H2. The molecule has 0 radical (unpaired) electrons. The van der Waals surface area contributed by atoms with Crippen LogP contribution in [0.25, 0.3) is 0 Å². The van der Waals surface area contributed by atoms with E-state index < -0.39 is 11.9 Å². The highest BCUT2D eigenvalue weighted by Gasteiger charge is 2.30. The van der Waals surface area contributed by atoms with Gasteiger partial charge < -0.3 is 10.5 Å². The van der Waals surface area contributed by atoms with Gasteiger partial charge in [-0.05, 0) is 25.0 Å². The van der Waals surface area contributed by atoms with Crippen LogP contribution < -0.4 is 5.73 Å². The Morgan fingerprint density at radius 2 is 2.28 bits per heavy atom. The molecular weight excluding hydrogens is 257 g/mol. The van der Waals surface area contributed by atoms with Crippen molar-refractivity contribution >= 4 is 17.4 Å². The Morgan fingerprint density at radius 1 is 1.50 bits per heavy atom. The minimum Gasteiger partial charge on any atom is -0.366 e. The number of nitrogens with two attached hydrogens (primary N) is 1. The summed E-state index contributed by atoms with van der Waals surface area (Å²) in [4.78, 5) is 12.0. The number of ether oxygens (including phenoxy) is 1. The zero-order valence-electron chi connectivity index (χ0n) is 9.86. The van der Waals surface area contributed by atoms with E-state index in [1.807, 2.05) is 0 Å².